The highest BCUT2D eigenvalue weighted by Gasteiger charge is 2.30. The zero-order chi connectivity index (χ0) is 15.5. The first kappa shape index (κ1) is 14.4. The van der Waals surface area contributed by atoms with Crippen LogP contribution in [0.2, 0.25) is 0 Å². The number of aromatic amines is 1. The van der Waals surface area contributed by atoms with E-state index < -0.39 is 0 Å². The van der Waals surface area contributed by atoms with Gasteiger partial charge in [0.05, 0.1) is 0 Å². The minimum Gasteiger partial charge on any atom is -0.334 e. The van der Waals surface area contributed by atoms with Gasteiger partial charge in [0.2, 0.25) is 0 Å². The third-order valence-electron chi connectivity index (χ3n) is 3.92. The Morgan fingerprint density at radius 1 is 1.27 bits per heavy atom. The number of H-pyrrole nitrogens is 1. The fourth-order valence-corrected chi connectivity index (χ4v) is 2.82. The molecule has 0 aliphatic carbocycles. The van der Waals surface area contributed by atoms with Crippen LogP contribution in [0, 0.1) is 5.82 Å². The highest BCUT2D eigenvalue weighted by molar-refractivity contribution is 5.92. The maximum Gasteiger partial charge on any atom is 0.274 e. The van der Waals surface area contributed by atoms with Crippen molar-refractivity contribution in [3.8, 4) is 0 Å². The molecular formula is C16H16FN3O2. The molecule has 1 amide bonds. The molecule has 5 nitrogen and oxygen atoms in total. The number of hydrogen-bond acceptors (Lipinski definition) is 3. The number of carbonyl (C=O) groups is 1. The SMILES string of the molecule is O=C(c1ccc(=O)[nH]n1)N1CCCC1Cc1ccc(F)cc1. The van der Waals surface area contributed by atoms with Crippen LogP contribution >= 0.6 is 0 Å². The molecule has 22 heavy (non-hydrogen) atoms. The Morgan fingerprint density at radius 3 is 2.73 bits per heavy atom. The number of rotatable bonds is 3. The molecule has 1 aromatic heterocycles. The van der Waals surface area contributed by atoms with Crippen LogP contribution in [-0.4, -0.2) is 33.6 Å². The lowest BCUT2D eigenvalue weighted by atomic mass is 10.0. The van der Waals surface area contributed by atoms with Crippen LogP contribution in [-0.2, 0) is 6.42 Å². The monoisotopic (exact) mass is 301 g/mol. The zero-order valence-corrected chi connectivity index (χ0v) is 12.0. The van der Waals surface area contributed by atoms with Crippen LogP contribution in [0.3, 0.4) is 0 Å². The fraction of sp³-hybridized carbons (Fsp3) is 0.312. The van der Waals surface area contributed by atoms with Crippen molar-refractivity contribution in [3.05, 3.63) is 63.8 Å². The average Bonchev–Trinajstić information content (AvgIpc) is 2.98. The van der Waals surface area contributed by atoms with Gasteiger partial charge in [-0.1, -0.05) is 12.1 Å². The molecule has 1 fully saturated rings. The summed E-state index contributed by atoms with van der Waals surface area (Å²) in [4.78, 5) is 25.3. The molecule has 1 saturated heterocycles. The van der Waals surface area contributed by atoms with Gasteiger partial charge in [-0.25, -0.2) is 9.49 Å². The van der Waals surface area contributed by atoms with Crippen LogP contribution in [0.5, 0.6) is 0 Å². The van der Waals surface area contributed by atoms with Gasteiger partial charge in [0, 0.05) is 18.7 Å². The minimum atomic E-state index is -0.333. The topological polar surface area (TPSA) is 66.1 Å². The number of halogens is 1. The summed E-state index contributed by atoms with van der Waals surface area (Å²) in [7, 11) is 0. The largest absolute Gasteiger partial charge is 0.334 e. The molecule has 0 radical (unpaired) electrons. The number of hydrogen-bond donors (Lipinski definition) is 1. The van der Waals surface area contributed by atoms with E-state index in [9.17, 15) is 14.0 Å². The number of likely N-dealkylation sites (tertiary alicyclic amines) is 1. The average molecular weight is 301 g/mol. The molecule has 1 N–H and O–H groups in total. The molecule has 0 saturated carbocycles. The number of carbonyl (C=O) groups excluding carboxylic acids is 1. The lowest BCUT2D eigenvalue weighted by molar-refractivity contribution is 0.0729. The number of benzene rings is 1. The van der Waals surface area contributed by atoms with Crippen molar-refractivity contribution < 1.29 is 9.18 Å². The van der Waals surface area contributed by atoms with E-state index in [1.807, 2.05) is 0 Å². The van der Waals surface area contributed by atoms with Gasteiger partial charge >= 0.3 is 0 Å². The predicted octanol–water partition coefficient (Wildman–Crippen LogP) is 1.76. The first-order chi connectivity index (χ1) is 10.6. The number of aromatic nitrogens is 2. The lowest BCUT2D eigenvalue weighted by Gasteiger charge is -2.24. The Kier molecular flexibility index (Phi) is 4.00. The van der Waals surface area contributed by atoms with Crippen LogP contribution in [0.4, 0.5) is 4.39 Å². The molecule has 3 rings (SSSR count). The molecule has 1 atom stereocenters. The van der Waals surface area contributed by atoms with E-state index >= 15 is 0 Å². The molecule has 0 bridgehead atoms. The van der Waals surface area contributed by atoms with Gasteiger partial charge in [-0.3, -0.25) is 9.59 Å². The summed E-state index contributed by atoms with van der Waals surface area (Å²) in [6.45, 7) is 0.672. The molecule has 2 heterocycles. The highest BCUT2D eigenvalue weighted by atomic mass is 19.1. The molecule has 2 aromatic rings. The van der Waals surface area contributed by atoms with E-state index in [0.717, 1.165) is 18.4 Å². The number of nitrogens with one attached hydrogen (secondary N) is 1. The zero-order valence-electron chi connectivity index (χ0n) is 12.0. The summed E-state index contributed by atoms with van der Waals surface area (Å²) in [5, 5.41) is 6.08. The second-order valence-electron chi connectivity index (χ2n) is 5.43. The summed E-state index contributed by atoms with van der Waals surface area (Å²) in [6.07, 6.45) is 2.53. The quantitative estimate of drug-likeness (QED) is 0.939. The van der Waals surface area contributed by atoms with Gasteiger partial charge in [-0.2, -0.15) is 5.10 Å². The van der Waals surface area contributed by atoms with Gasteiger partial charge in [-0.05, 0) is 43.0 Å². The summed E-state index contributed by atoms with van der Waals surface area (Å²) in [5.74, 6) is -0.443. The van der Waals surface area contributed by atoms with E-state index in [-0.39, 0.29) is 29.0 Å². The third-order valence-corrected chi connectivity index (χ3v) is 3.92. The summed E-state index contributed by atoms with van der Waals surface area (Å²) in [5.41, 5.74) is 0.909. The molecule has 1 unspecified atom stereocenters. The Morgan fingerprint density at radius 2 is 2.05 bits per heavy atom. The molecule has 114 valence electrons. The molecule has 1 aliphatic heterocycles. The molecule has 0 spiro atoms. The highest BCUT2D eigenvalue weighted by Crippen LogP contribution is 2.22. The van der Waals surface area contributed by atoms with E-state index in [0.29, 0.717) is 13.0 Å². The fourth-order valence-electron chi connectivity index (χ4n) is 2.82. The smallest absolute Gasteiger partial charge is 0.274 e. The first-order valence-corrected chi connectivity index (χ1v) is 7.24. The van der Waals surface area contributed by atoms with Crippen molar-refractivity contribution >= 4 is 5.91 Å². The van der Waals surface area contributed by atoms with Gasteiger partial charge in [0.15, 0.2) is 0 Å². The lowest BCUT2D eigenvalue weighted by Crippen LogP contribution is -2.37. The van der Waals surface area contributed by atoms with E-state index in [2.05, 4.69) is 10.2 Å². The number of amides is 1. The van der Waals surface area contributed by atoms with E-state index in [4.69, 9.17) is 0 Å². The second-order valence-corrected chi connectivity index (χ2v) is 5.43. The van der Waals surface area contributed by atoms with Crippen molar-refractivity contribution in [1.29, 1.82) is 0 Å². The van der Waals surface area contributed by atoms with Gasteiger partial charge in [0.1, 0.15) is 11.5 Å². The predicted molar refractivity (Wildman–Crippen MR) is 79.0 cm³/mol. The van der Waals surface area contributed by atoms with Crippen molar-refractivity contribution in [3.63, 3.8) is 0 Å². The first-order valence-electron chi connectivity index (χ1n) is 7.24. The summed E-state index contributed by atoms with van der Waals surface area (Å²) >= 11 is 0. The second kappa shape index (κ2) is 6.09. The Hall–Kier alpha value is -2.50. The molecular weight excluding hydrogens is 285 g/mol. The van der Waals surface area contributed by atoms with Crippen LogP contribution in [0.15, 0.2) is 41.2 Å². The van der Waals surface area contributed by atoms with Crippen molar-refractivity contribution in [1.82, 2.24) is 15.1 Å². The van der Waals surface area contributed by atoms with Crippen LogP contribution in [0.1, 0.15) is 28.9 Å². The van der Waals surface area contributed by atoms with E-state index in [1.54, 1.807) is 17.0 Å². The van der Waals surface area contributed by atoms with Gasteiger partial charge < -0.3 is 4.90 Å². The molecule has 1 aromatic carbocycles. The maximum atomic E-state index is 13.0. The maximum absolute atomic E-state index is 13.0. The third kappa shape index (κ3) is 3.05. The van der Waals surface area contributed by atoms with Crippen LogP contribution in [0.25, 0.3) is 0 Å². The normalized spacial score (nSPS) is 17.7. The minimum absolute atomic E-state index is 0.0756. The Labute approximate surface area is 126 Å². The van der Waals surface area contributed by atoms with Crippen molar-refractivity contribution in [2.75, 3.05) is 6.54 Å². The van der Waals surface area contributed by atoms with Gasteiger partial charge in [0.25, 0.3) is 11.5 Å². The van der Waals surface area contributed by atoms with Crippen molar-refractivity contribution in [2.24, 2.45) is 0 Å². The van der Waals surface area contributed by atoms with E-state index in [1.165, 1.54) is 24.3 Å². The number of nitrogens with zero attached hydrogens (tertiary/aromatic N) is 2. The standard InChI is InChI=1S/C16H16FN3O2/c17-12-5-3-11(4-6-12)10-13-2-1-9-20(13)16(22)14-7-8-15(21)19-18-14/h3-8,13H,1-2,9-10H2,(H,19,21). The summed E-state index contributed by atoms with van der Waals surface area (Å²) < 4.78 is 13.0. The van der Waals surface area contributed by atoms with Crippen molar-refractivity contribution in [2.45, 2.75) is 25.3 Å². The van der Waals surface area contributed by atoms with Crippen LogP contribution < -0.4 is 5.56 Å². The molecule has 6 heteroatoms. The Balaban J connectivity index is 1.75. The van der Waals surface area contributed by atoms with Gasteiger partial charge in [-0.15, -0.1) is 0 Å². The summed E-state index contributed by atoms with van der Waals surface area (Å²) in [6, 6.07) is 9.16. The Bertz CT molecular complexity index is 706. The molecule has 1 aliphatic rings.